The van der Waals surface area contributed by atoms with Crippen LogP contribution in [0.3, 0.4) is 0 Å². The van der Waals surface area contributed by atoms with E-state index < -0.39 is 0 Å². The average molecular weight is 333 g/mol. The summed E-state index contributed by atoms with van der Waals surface area (Å²) in [6, 6.07) is 14.0. The van der Waals surface area contributed by atoms with Gasteiger partial charge in [-0.15, -0.1) is 0 Å². The van der Waals surface area contributed by atoms with Crippen LogP contribution < -0.4 is 4.90 Å². The first kappa shape index (κ1) is 15.4. The second kappa shape index (κ2) is 6.76. The van der Waals surface area contributed by atoms with E-state index in [2.05, 4.69) is 27.0 Å². The number of benzene rings is 1. The number of amides is 1. The van der Waals surface area contributed by atoms with Gasteiger partial charge in [-0.2, -0.15) is 0 Å². The highest BCUT2D eigenvalue weighted by Crippen LogP contribution is 2.17. The molecule has 3 heterocycles. The van der Waals surface area contributed by atoms with Gasteiger partial charge in [-0.05, 0) is 24.3 Å². The number of para-hydroxylation sites is 1. The SMILES string of the molecule is O=C(c1ccc(-n2ccnc2)nc1)N1CCN(c2ccccc2)CC1. The standard InChI is InChI=1S/C19H19N5O/c25-19(16-6-7-18(21-14-16)24-9-8-20-15-24)23-12-10-22(11-13-23)17-4-2-1-3-5-17/h1-9,14-15H,10-13H2. The number of carbonyl (C=O) groups is 1. The molecule has 1 aromatic carbocycles. The second-order valence-electron chi connectivity index (χ2n) is 5.99. The third kappa shape index (κ3) is 3.24. The van der Waals surface area contributed by atoms with Crippen molar-refractivity contribution < 1.29 is 4.79 Å². The maximum atomic E-state index is 12.7. The molecule has 1 aliphatic heterocycles. The second-order valence-corrected chi connectivity index (χ2v) is 5.99. The van der Waals surface area contributed by atoms with Crippen LogP contribution in [-0.4, -0.2) is 51.5 Å². The highest BCUT2D eigenvalue weighted by atomic mass is 16.2. The molecule has 6 heteroatoms. The van der Waals surface area contributed by atoms with E-state index in [1.807, 2.05) is 46.0 Å². The van der Waals surface area contributed by atoms with E-state index in [1.165, 1.54) is 5.69 Å². The van der Waals surface area contributed by atoms with Crippen LogP contribution in [0.25, 0.3) is 5.82 Å². The Kier molecular flexibility index (Phi) is 4.16. The first-order valence-corrected chi connectivity index (χ1v) is 8.35. The topological polar surface area (TPSA) is 54.3 Å². The van der Waals surface area contributed by atoms with Crippen molar-refractivity contribution in [1.29, 1.82) is 0 Å². The van der Waals surface area contributed by atoms with E-state index in [0.717, 1.165) is 32.0 Å². The Morgan fingerprint density at radius 2 is 1.76 bits per heavy atom. The molecule has 1 aliphatic rings. The summed E-state index contributed by atoms with van der Waals surface area (Å²) in [6.07, 6.45) is 6.85. The molecule has 1 saturated heterocycles. The van der Waals surface area contributed by atoms with Gasteiger partial charge >= 0.3 is 0 Å². The van der Waals surface area contributed by atoms with Gasteiger partial charge in [0.1, 0.15) is 12.1 Å². The fraction of sp³-hybridized carbons (Fsp3) is 0.211. The lowest BCUT2D eigenvalue weighted by atomic mass is 10.2. The predicted molar refractivity (Wildman–Crippen MR) is 95.9 cm³/mol. The van der Waals surface area contributed by atoms with Crippen LogP contribution in [0.15, 0.2) is 67.4 Å². The van der Waals surface area contributed by atoms with Gasteiger partial charge < -0.3 is 9.80 Å². The van der Waals surface area contributed by atoms with Crippen molar-refractivity contribution in [1.82, 2.24) is 19.4 Å². The predicted octanol–water partition coefficient (Wildman–Crippen LogP) is 2.23. The molecule has 25 heavy (non-hydrogen) atoms. The van der Waals surface area contributed by atoms with Gasteiger partial charge in [-0.3, -0.25) is 9.36 Å². The maximum absolute atomic E-state index is 12.7. The molecule has 0 aliphatic carbocycles. The summed E-state index contributed by atoms with van der Waals surface area (Å²) >= 11 is 0. The van der Waals surface area contributed by atoms with E-state index in [9.17, 15) is 4.79 Å². The number of anilines is 1. The fourth-order valence-electron chi connectivity index (χ4n) is 3.05. The summed E-state index contributed by atoms with van der Waals surface area (Å²) in [7, 11) is 0. The molecule has 0 bridgehead atoms. The number of hydrogen-bond donors (Lipinski definition) is 0. The van der Waals surface area contributed by atoms with Gasteiger partial charge in [-0.25, -0.2) is 9.97 Å². The number of carbonyl (C=O) groups excluding carboxylic acids is 1. The summed E-state index contributed by atoms with van der Waals surface area (Å²) in [5, 5.41) is 0. The highest BCUT2D eigenvalue weighted by Gasteiger charge is 2.22. The summed E-state index contributed by atoms with van der Waals surface area (Å²) in [5.41, 5.74) is 1.83. The molecule has 0 spiro atoms. The highest BCUT2D eigenvalue weighted by molar-refractivity contribution is 5.94. The first-order chi connectivity index (χ1) is 12.3. The third-order valence-corrected chi connectivity index (χ3v) is 4.45. The van der Waals surface area contributed by atoms with Crippen LogP contribution in [0.5, 0.6) is 0 Å². The Labute approximate surface area is 146 Å². The Balaban J connectivity index is 1.40. The molecule has 126 valence electrons. The van der Waals surface area contributed by atoms with Gasteiger partial charge in [0.2, 0.25) is 0 Å². The van der Waals surface area contributed by atoms with Crippen LogP contribution in [0, 0.1) is 0 Å². The molecule has 6 nitrogen and oxygen atoms in total. The summed E-state index contributed by atoms with van der Waals surface area (Å²) in [6.45, 7) is 3.13. The molecule has 0 saturated carbocycles. The molecule has 0 atom stereocenters. The van der Waals surface area contributed by atoms with Gasteiger partial charge in [0.25, 0.3) is 5.91 Å². The zero-order chi connectivity index (χ0) is 17.1. The van der Waals surface area contributed by atoms with E-state index >= 15 is 0 Å². The Bertz CT molecular complexity index is 822. The number of piperazine rings is 1. The molecular weight excluding hydrogens is 314 g/mol. The zero-order valence-electron chi connectivity index (χ0n) is 13.8. The summed E-state index contributed by atoms with van der Waals surface area (Å²) in [4.78, 5) is 25.3. The third-order valence-electron chi connectivity index (χ3n) is 4.45. The minimum absolute atomic E-state index is 0.0393. The molecule has 3 aromatic rings. The van der Waals surface area contributed by atoms with Crippen molar-refractivity contribution in [3.05, 3.63) is 72.9 Å². The van der Waals surface area contributed by atoms with Crippen LogP contribution in [-0.2, 0) is 0 Å². The number of nitrogens with zero attached hydrogens (tertiary/aromatic N) is 5. The fourth-order valence-corrected chi connectivity index (χ4v) is 3.05. The van der Waals surface area contributed by atoms with Crippen LogP contribution in [0.2, 0.25) is 0 Å². The minimum Gasteiger partial charge on any atom is -0.368 e. The average Bonchev–Trinajstić information content (AvgIpc) is 3.23. The van der Waals surface area contributed by atoms with Crippen LogP contribution >= 0.6 is 0 Å². The number of aromatic nitrogens is 3. The van der Waals surface area contributed by atoms with Crippen LogP contribution in [0.1, 0.15) is 10.4 Å². The largest absolute Gasteiger partial charge is 0.368 e. The normalized spacial score (nSPS) is 14.6. The molecule has 0 N–H and O–H groups in total. The van der Waals surface area contributed by atoms with Crippen molar-refractivity contribution in [2.75, 3.05) is 31.1 Å². The van der Waals surface area contributed by atoms with Gasteiger partial charge in [0.15, 0.2) is 0 Å². The number of pyridine rings is 1. The lowest BCUT2D eigenvalue weighted by Gasteiger charge is -2.36. The minimum atomic E-state index is 0.0393. The molecule has 1 amide bonds. The Hall–Kier alpha value is -3.15. The summed E-state index contributed by atoms with van der Waals surface area (Å²) < 4.78 is 1.81. The van der Waals surface area contributed by atoms with E-state index in [4.69, 9.17) is 0 Å². The van der Waals surface area contributed by atoms with E-state index in [-0.39, 0.29) is 5.91 Å². The van der Waals surface area contributed by atoms with E-state index in [1.54, 1.807) is 18.7 Å². The van der Waals surface area contributed by atoms with Gasteiger partial charge in [-0.1, -0.05) is 18.2 Å². The van der Waals surface area contributed by atoms with Crippen molar-refractivity contribution >= 4 is 11.6 Å². The van der Waals surface area contributed by atoms with Crippen molar-refractivity contribution in [2.45, 2.75) is 0 Å². The number of rotatable bonds is 3. The van der Waals surface area contributed by atoms with Crippen molar-refractivity contribution in [2.24, 2.45) is 0 Å². The maximum Gasteiger partial charge on any atom is 0.255 e. The summed E-state index contributed by atoms with van der Waals surface area (Å²) in [5.74, 6) is 0.792. The van der Waals surface area contributed by atoms with Crippen LogP contribution in [0.4, 0.5) is 5.69 Å². The van der Waals surface area contributed by atoms with Crippen molar-refractivity contribution in [3.8, 4) is 5.82 Å². The Morgan fingerprint density at radius 1 is 0.960 bits per heavy atom. The van der Waals surface area contributed by atoms with Crippen molar-refractivity contribution in [3.63, 3.8) is 0 Å². The molecule has 1 fully saturated rings. The lowest BCUT2D eigenvalue weighted by Crippen LogP contribution is -2.48. The van der Waals surface area contributed by atoms with Gasteiger partial charge in [0.05, 0.1) is 5.56 Å². The molecule has 0 radical (unpaired) electrons. The zero-order valence-corrected chi connectivity index (χ0v) is 13.8. The monoisotopic (exact) mass is 333 g/mol. The molecular formula is C19H19N5O. The smallest absolute Gasteiger partial charge is 0.255 e. The Morgan fingerprint density at radius 3 is 2.40 bits per heavy atom. The van der Waals surface area contributed by atoms with Gasteiger partial charge in [0, 0.05) is 50.5 Å². The number of hydrogen-bond acceptors (Lipinski definition) is 4. The number of imidazole rings is 1. The molecule has 2 aromatic heterocycles. The molecule has 4 rings (SSSR count). The first-order valence-electron chi connectivity index (χ1n) is 8.35. The lowest BCUT2D eigenvalue weighted by molar-refractivity contribution is 0.0746. The quantitative estimate of drug-likeness (QED) is 0.737. The van der Waals surface area contributed by atoms with E-state index in [0.29, 0.717) is 5.56 Å². The molecule has 0 unspecified atom stereocenters.